The molecule has 4 rings (SSSR count). The molecule has 0 atom stereocenters. The van der Waals surface area contributed by atoms with Crippen LogP contribution in [0.3, 0.4) is 0 Å². The molecule has 4 nitrogen and oxygen atoms in total. The fourth-order valence-electron chi connectivity index (χ4n) is 3.42. The summed E-state index contributed by atoms with van der Waals surface area (Å²) in [6.07, 6.45) is 2.91. The second-order valence-electron chi connectivity index (χ2n) is 6.49. The summed E-state index contributed by atoms with van der Waals surface area (Å²) in [6.45, 7) is -0.0474. The van der Waals surface area contributed by atoms with Gasteiger partial charge in [-0.15, -0.1) is 0 Å². The molecule has 0 spiro atoms. The van der Waals surface area contributed by atoms with Crippen LogP contribution in [0.15, 0.2) is 51.7 Å². The number of rotatable bonds is 4. The first-order valence-electron chi connectivity index (χ1n) is 8.58. The Kier molecular flexibility index (Phi) is 4.29. The van der Waals surface area contributed by atoms with Gasteiger partial charge in [0.25, 0.3) is 0 Å². The molecule has 1 heterocycles. The second-order valence-corrected chi connectivity index (χ2v) is 6.49. The molecule has 1 aliphatic rings. The number of hydrogen-bond acceptors (Lipinski definition) is 4. The molecule has 26 heavy (non-hydrogen) atoms. The van der Waals surface area contributed by atoms with Crippen LogP contribution >= 0.6 is 0 Å². The number of carbonyl (C=O) groups is 1. The molecular weight excluding hydrogens is 335 g/mol. The summed E-state index contributed by atoms with van der Waals surface area (Å²) in [5.41, 5.74) is 3.37. The van der Waals surface area contributed by atoms with E-state index in [-0.39, 0.29) is 18.6 Å². The van der Waals surface area contributed by atoms with Crippen LogP contribution in [0.2, 0.25) is 0 Å². The van der Waals surface area contributed by atoms with E-state index in [2.05, 4.69) is 0 Å². The van der Waals surface area contributed by atoms with Crippen LogP contribution in [-0.4, -0.2) is 5.97 Å². The SMILES string of the molecule is O=C(Cc1ccccc1F)OCc1cc(=O)oc2cc3c(cc12)CCC3. The fraction of sp³-hybridized carbons (Fsp3) is 0.238. The van der Waals surface area contributed by atoms with Crippen LogP contribution in [-0.2, 0) is 35.4 Å². The van der Waals surface area contributed by atoms with Crippen molar-refractivity contribution in [2.75, 3.05) is 0 Å². The highest BCUT2D eigenvalue weighted by molar-refractivity contribution is 5.82. The molecule has 0 radical (unpaired) electrons. The van der Waals surface area contributed by atoms with Crippen molar-refractivity contribution in [3.8, 4) is 0 Å². The summed E-state index contributed by atoms with van der Waals surface area (Å²) in [4.78, 5) is 23.9. The lowest BCUT2D eigenvalue weighted by atomic mass is 10.0. The largest absolute Gasteiger partial charge is 0.461 e. The van der Waals surface area contributed by atoms with Gasteiger partial charge in [-0.2, -0.15) is 0 Å². The number of aryl methyl sites for hydroxylation is 2. The lowest BCUT2D eigenvalue weighted by Crippen LogP contribution is -2.11. The van der Waals surface area contributed by atoms with E-state index >= 15 is 0 Å². The Morgan fingerprint density at radius 1 is 1.08 bits per heavy atom. The van der Waals surface area contributed by atoms with Gasteiger partial charge in [0, 0.05) is 17.0 Å². The molecule has 1 aromatic heterocycles. The minimum Gasteiger partial charge on any atom is -0.461 e. The smallest absolute Gasteiger partial charge is 0.336 e. The maximum atomic E-state index is 13.6. The lowest BCUT2D eigenvalue weighted by Gasteiger charge is -2.09. The molecule has 1 aliphatic carbocycles. The molecule has 0 amide bonds. The zero-order chi connectivity index (χ0) is 18.1. The van der Waals surface area contributed by atoms with E-state index < -0.39 is 17.4 Å². The summed E-state index contributed by atoms with van der Waals surface area (Å²) in [5.74, 6) is -0.983. The number of halogens is 1. The monoisotopic (exact) mass is 352 g/mol. The van der Waals surface area contributed by atoms with Crippen molar-refractivity contribution in [3.05, 3.63) is 81.0 Å². The van der Waals surface area contributed by atoms with Crippen molar-refractivity contribution in [2.24, 2.45) is 0 Å². The third kappa shape index (κ3) is 3.25. The van der Waals surface area contributed by atoms with E-state index in [4.69, 9.17) is 9.15 Å². The summed E-state index contributed by atoms with van der Waals surface area (Å²) in [7, 11) is 0. The molecular formula is C21H17FO4. The number of hydrogen-bond donors (Lipinski definition) is 0. The third-order valence-electron chi connectivity index (χ3n) is 4.72. The number of carbonyl (C=O) groups excluding carboxylic acids is 1. The van der Waals surface area contributed by atoms with Crippen molar-refractivity contribution in [1.29, 1.82) is 0 Å². The quantitative estimate of drug-likeness (QED) is 0.531. The molecule has 0 N–H and O–H groups in total. The van der Waals surface area contributed by atoms with Gasteiger partial charge < -0.3 is 9.15 Å². The first kappa shape index (κ1) is 16.5. The highest BCUT2D eigenvalue weighted by Crippen LogP contribution is 2.28. The van der Waals surface area contributed by atoms with Gasteiger partial charge in [0.15, 0.2) is 0 Å². The van der Waals surface area contributed by atoms with E-state index in [1.807, 2.05) is 12.1 Å². The highest BCUT2D eigenvalue weighted by atomic mass is 19.1. The van der Waals surface area contributed by atoms with E-state index in [0.29, 0.717) is 11.1 Å². The molecule has 0 aliphatic heterocycles. The Labute approximate surface area is 149 Å². The summed E-state index contributed by atoms with van der Waals surface area (Å²) in [5, 5.41) is 0.781. The van der Waals surface area contributed by atoms with Gasteiger partial charge in [-0.3, -0.25) is 4.79 Å². The van der Waals surface area contributed by atoms with Crippen LogP contribution < -0.4 is 5.63 Å². The van der Waals surface area contributed by atoms with Crippen LogP contribution in [0.5, 0.6) is 0 Å². The molecule has 0 bridgehead atoms. The van der Waals surface area contributed by atoms with Gasteiger partial charge in [-0.25, -0.2) is 9.18 Å². The molecule has 2 aromatic carbocycles. The predicted octanol–water partition coefficient (Wildman–Crippen LogP) is 3.71. The number of fused-ring (bicyclic) bond motifs is 2. The van der Waals surface area contributed by atoms with Gasteiger partial charge in [-0.05, 0) is 54.2 Å². The Hall–Kier alpha value is -2.95. The Balaban J connectivity index is 1.56. The minimum absolute atomic E-state index is 0.0474. The first-order chi connectivity index (χ1) is 12.6. The van der Waals surface area contributed by atoms with Crippen molar-refractivity contribution in [2.45, 2.75) is 32.3 Å². The van der Waals surface area contributed by atoms with Crippen molar-refractivity contribution >= 4 is 16.9 Å². The fourth-order valence-corrected chi connectivity index (χ4v) is 3.42. The number of esters is 1. The van der Waals surface area contributed by atoms with Gasteiger partial charge >= 0.3 is 11.6 Å². The zero-order valence-corrected chi connectivity index (χ0v) is 14.1. The second kappa shape index (κ2) is 6.75. The Bertz CT molecular complexity index is 1050. The molecule has 0 saturated heterocycles. The Morgan fingerprint density at radius 2 is 1.85 bits per heavy atom. The normalized spacial score (nSPS) is 13.0. The minimum atomic E-state index is -0.544. The van der Waals surface area contributed by atoms with E-state index in [0.717, 1.165) is 24.6 Å². The molecule has 5 heteroatoms. The van der Waals surface area contributed by atoms with E-state index in [1.165, 1.54) is 23.3 Å². The van der Waals surface area contributed by atoms with Crippen LogP contribution in [0.25, 0.3) is 11.0 Å². The third-order valence-corrected chi connectivity index (χ3v) is 4.72. The molecule has 3 aromatic rings. The van der Waals surface area contributed by atoms with Crippen LogP contribution in [0.1, 0.15) is 28.7 Å². The Morgan fingerprint density at radius 3 is 2.65 bits per heavy atom. The highest BCUT2D eigenvalue weighted by Gasteiger charge is 2.16. The van der Waals surface area contributed by atoms with Gasteiger partial charge in [0.2, 0.25) is 0 Å². The molecule has 0 saturated carbocycles. The summed E-state index contributed by atoms with van der Waals surface area (Å²) < 4.78 is 24.2. The first-order valence-corrected chi connectivity index (χ1v) is 8.58. The topological polar surface area (TPSA) is 56.5 Å². The average molecular weight is 352 g/mol. The van der Waals surface area contributed by atoms with Crippen LogP contribution in [0, 0.1) is 5.82 Å². The summed E-state index contributed by atoms with van der Waals surface area (Å²) >= 11 is 0. The maximum Gasteiger partial charge on any atom is 0.336 e. The van der Waals surface area contributed by atoms with E-state index in [1.54, 1.807) is 18.2 Å². The zero-order valence-electron chi connectivity index (χ0n) is 14.1. The molecule has 132 valence electrons. The predicted molar refractivity (Wildman–Crippen MR) is 94.4 cm³/mol. The van der Waals surface area contributed by atoms with Crippen molar-refractivity contribution in [3.63, 3.8) is 0 Å². The van der Waals surface area contributed by atoms with Crippen molar-refractivity contribution < 1.29 is 18.3 Å². The number of benzene rings is 2. The number of ether oxygens (including phenoxy) is 1. The van der Waals surface area contributed by atoms with Gasteiger partial charge in [0.1, 0.15) is 18.0 Å². The van der Waals surface area contributed by atoms with Crippen LogP contribution in [0.4, 0.5) is 4.39 Å². The standard InChI is InChI=1S/C21H17FO4/c22-18-7-2-1-4-15(18)10-20(23)25-12-16-11-21(24)26-19-9-14-6-3-5-13(14)8-17(16)19/h1-2,4,7-9,11H,3,5-6,10,12H2. The van der Waals surface area contributed by atoms with Gasteiger partial charge in [-0.1, -0.05) is 18.2 Å². The lowest BCUT2D eigenvalue weighted by molar-refractivity contribution is -0.144. The van der Waals surface area contributed by atoms with Gasteiger partial charge in [0.05, 0.1) is 6.42 Å². The summed E-state index contributed by atoms with van der Waals surface area (Å²) in [6, 6.07) is 11.4. The molecule has 0 unspecified atom stereocenters. The maximum absolute atomic E-state index is 13.6. The van der Waals surface area contributed by atoms with Crippen molar-refractivity contribution in [1.82, 2.24) is 0 Å². The molecule has 0 fully saturated rings. The average Bonchev–Trinajstić information content (AvgIpc) is 3.07. The van der Waals surface area contributed by atoms with E-state index in [9.17, 15) is 14.0 Å².